The summed E-state index contributed by atoms with van der Waals surface area (Å²) in [4.78, 5) is 7.47. The first-order chi connectivity index (χ1) is 10.3. The number of allylic oxidation sites excluding steroid dienone is 2. The van der Waals surface area contributed by atoms with Crippen LogP contribution in [0.25, 0.3) is 5.57 Å². The molecule has 1 aliphatic rings. The van der Waals surface area contributed by atoms with E-state index in [1.807, 2.05) is 18.3 Å². The maximum atomic E-state index is 7.45. The fraction of sp³-hybridized carbons (Fsp3) is 0.250. The Kier molecular flexibility index (Phi) is 3.73. The molecule has 3 rings (SSSR count). The molecule has 0 spiro atoms. The fourth-order valence-electron chi connectivity index (χ4n) is 2.67. The first-order valence-electron chi connectivity index (χ1n) is 7.12. The summed E-state index contributed by atoms with van der Waals surface area (Å²) in [7, 11) is 0. The number of anilines is 1. The standard InChI is InChI=1S/C16H19N5/c17-9-11-7-12(10-21-16(11)18)14(15-4-2-6-20-15)8-13-3-1-5-19-13/h1,3,5,7,9-10,17,19-20H,2,4,6,8H2,(H2,18,21)/b15-14+,17-9?. The van der Waals surface area contributed by atoms with Crippen LogP contribution < -0.4 is 11.1 Å². The molecule has 0 radical (unpaired) electrons. The second-order valence-electron chi connectivity index (χ2n) is 5.20. The van der Waals surface area contributed by atoms with E-state index in [4.69, 9.17) is 11.1 Å². The highest BCUT2D eigenvalue weighted by molar-refractivity contribution is 5.85. The summed E-state index contributed by atoms with van der Waals surface area (Å²) in [5.74, 6) is 0.400. The molecule has 5 N–H and O–H groups in total. The van der Waals surface area contributed by atoms with Crippen molar-refractivity contribution in [3.63, 3.8) is 0 Å². The van der Waals surface area contributed by atoms with Gasteiger partial charge in [0.05, 0.1) is 0 Å². The zero-order valence-corrected chi connectivity index (χ0v) is 11.8. The highest BCUT2D eigenvalue weighted by Crippen LogP contribution is 2.27. The molecule has 0 amide bonds. The molecule has 5 nitrogen and oxygen atoms in total. The average Bonchev–Trinajstić information content (AvgIpc) is 3.19. The molecule has 1 aliphatic heterocycles. The van der Waals surface area contributed by atoms with Crippen molar-refractivity contribution in [3.8, 4) is 0 Å². The molecule has 2 aromatic rings. The van der Waals surface area contributed by atoms with Gasteiger partial charge in [0.2, 0.25) is 0 Å². The predicted octanol–water partition coefficient (Wildman–Crippen LogP) is 2.33. The smallest absolute Gasteiger partial charge is 0.132 e. The summed E-state index contributed by atoms with van der Waals surface area (Å²) < 4.78 is 0. The molecule has 0 aromatic carbocycles. The van der Waals surface area contributed by atoms with E-state index in [-0.39, 0.29) is 0 Å². The first-order valence-corrected chi connectivity index (χ1v) is 7.12. The molecule has 1 fully saturated rings. The lowest BCUT2D eigenvalue weighted by Gasteiger charge is -2.13. The molecule has 3 heterocycles. The van der Waals surface area contributed by atoms with Crippen LogP contribution >= 0.6 is 0 Å². The Labute approximate surface area is 123 Å². The van der Waals surface area contributed by atoms with E-state index in [2.05, 4.69) is 21.4 Å². The van der Waals surface area contributed by atoms with Gasteiger partial charge >= 0.3 is 0 Å². The van der Waals surface area contributed by atoms with Gasteiger partial charge in [-0.1, -0.05) is 0 Å². The van der Waals surface area contributed by atoms with E-state index in [1.165, 1.54) is 23.2 Å². The van der Waals surface area contributed by atoms with Gasteiger partial charge in [0.15, 0.2) is 0 Å². The molecule has 21 heavy (non-hydrogen) atoms. The predicted molar refractivity (Wildman–Crippen MR) is 85.2 cm³/mol. The molecule has 108 valence electrons. The maximum absolute atomic E-state index is 7.45. The Bertz CT molecular complexity index is 662. The summed E-state index contributed by atoms with van der Waals surface area (Å²) in [6.45, 7) is 1.02. The van der Waals surface area contributed by atoms with Gasteiger partial charge in [0.25, 0.3) is 0 Å². The normalized spacial score (nSPS) is 16.6. The van der Waals surface area contributed by atoms with Crippen LogP contribution in [0.1, 0.15) is 29.7 Å². The van der Waals surface area contributed by atoms with Crippen LogP contribution in [-0.4, -0.2) is 22.7 Å². The summed E-state index contributed by atoms with van der Waals surface area (Å²) in [5.41, 5.74) is 11.1. The molecular formula is C16H19N5. The third-order valence-corrected chi connectivity index (χ3v) is 3.79. The van der Waals surface area contributed by atoms with Crippen LogP contribution in [-0.2, 0) is 6.42 Å². The van der Waals surface area contributed by atoms with Crippen LogP contribution in [0.4, 0.5) is 5.82 Å². The zero-order valence-electron chi connectivity index (χ0n) is 11.8. The SMILES string of the molecule is N=Cc1cc(/C(Cc2ccc[nH]2)=C2\CCCN2)cnc1N. The summed E-state index contributed by atoms with van der Waals surface area (Å²) in [6.07, 6.45) is 8.02. The van der Waals surface area contributed by atoms with Crippen molar-refractivity contribution < 1.29 is 0 Å². The van der Waals surface area contributed by atoms with Crippen LogP contribution in [0, 0.1) is 5.41 Å². The van der Waals surface area contributed by atoms with Gasteiger partial charge in [0, 0.05) is 48.5 Å². The quantitative estimate of drug-likeness (QED) is 0.648. The average molecular weight is 281 g/mol. The number of hydrogen-bond donors (Lipinski definition) is 4. The minimum absolute atomic E-state index is 0.400. The molecule has 0 bridgehead atoms. The van der Waals surface area contributed by atoms with Crippen LogP contribution in [0.5, 0.6) is 0 Å². The number of nitrogens with one attached hydrogen (secondary N) is 3. The van der Waals surface area contributed by atoms with Crippen LogP contribution in [0.3, 0.4) is 0 Å². The van der Waals surface area contributed by atoms with Gasteiger partial charge in [-0.2, -0.15) is 0 Å². The van der Waals surface area contributed by atoms with Crippen molar-refractivity contribution >= 4 is 17.6 Å². The van der Waals surface area contributed by atoms with Crippen LogP contribution in [0.15, 0.2) is 36.3 Å². The molecule has 2 aromatic heterocycles. The second-order valence-corrected chi connectivity index (χ2v) is 5.20. The monoisotopic (exact) mass is 281 g/mol. The number of H-pyrrole nitrogens is 1. The summed E-state index contributed by atoms with van der Waals surface area (Å²) in [6, 6.07) is 6.03. The van der Waals surface area contributed by atoms with Gasteiger partial charge in [-0.3, -0.25) is 0 Å². The Balaban J connectivity index is 2.03. The lowest BCUT2D eigenvalue weighted by molar-refractivity contribution is 0.902. The lowest BCUT2D eigenvalue weighted by Crippen LogP contribution is -2.09. The lowest BCUT2D eigenvalue weighted by atomic mass is 9.98. The first kappa shape index (κ1) is 13.4. The Morgan fingerprint density at radius 2 is 2.38 bits per heavy atom. The molecule has 0 unspecified atom stereocenters. The van der Waals surface area contributed by atoms with Gasteiger partial charge in [0.1, 0.15) is 5.82 Å². The van der Waals surface area contributed by atoms with Crippen molar-refractivity contribution in [1.82, 2.24) is 15.3 Å². The maximum Gasteiger partial charge on any atom is 0.132 e. The van der Waals surface area contributed by atoms with E-state index >= 15 is 0 Å². The largest absolute Gasteiger partial charge is 0.388 e. The minimum Gasteiger partial charge on any atom is -0.388 e. The van der Waals surface area contributed by atoms with Crippen molar-refractivity contribution in [3.05, 3.63) is 53.1 Å². The molecule has 0 aliphatic carbocycles. The van der Waals surface area contributed by atoms with E-state index in [9.17, 15) is 0 Å². The number of nitrogen functional groups attached to an aromatic ring is 1. The number of hydrogen-bond acceptors (Lipinski definition) is 4. The number of nitrogens with two attached hydrogens (primary N) is 1. The molecular weight excluding hydrogens is 262 g/mol. The van der Waals surface area contributed by atoms with Crippen molar-refractivity contribution in [2.45, 2.75) is 19.3 Å². The fourth-order valence-corrected chi connectivity index (χ4v) is 2.67. The number of aromatic nitrogens is 2. The van der Waals surface area contributed by atoms with E-state index in [0.29, 0.717) is 11.4 Å². The van der Waals surface area contributed by atoms with Crippen molar-refractivity contribution in [2.24, 2.45) is 0 Å². The number of rotatable bonds is 4. The topological polar surface area (TPSA) is 90.6 Å². The Morgan fingerprint density at radius 1 is 1.48 bits per heavy atom. The number of aromatic amines is 1. The Hall–Kier alpha value is -2.56. The van der Waals surface area contributed by atoms with Crippen LogP contribution in [0.2, 0.25) is 0 Å². The zero-order chi connectivity index (χ0) is 14.7. The highest BCUT2D eigenvalue weighted by atomic mass is 14.9. The third kappa shape index (κ3) is 2.81. The van der Waals surface area contributed by atoms with Gasteiger partial charge in [-0.05, 0) is 42.2 Å². The Morgan fingerprint density at radius 3 is 3.05 bits per heavy atom. The van der Waals surface area contributed by atoms with E-state index < -0.39 is 0 Å². The molecule has 0 saturated carbocycles. The second kappa shape index (κ2) is 5.83. The summed E-state index contributed by atoms with van der Waals surface area (Å²) in [5, 5.41) is 10.9. The molecule has 5 heteroatoms. The summed E-state index contributed by atoms with van der Waals surface area (Å²) >= 11 is 0. The number of nitrogens with zero attached hydrogens (tertiary/aromatic N) is 1. The van der Waals surface area contributed by atoms with E-state index in [0.717, 1.165) is 31.4 Å². The van der Waals surface area contributed by atoms with Crippen molar-refractivity contribution in [1.29, 1.82) is 5.41 Å². The van der Waals surface area contributed by atoms with Gasteiger partial charge in [-0.15, -0.1) is 0 Å². The minimum atomic E-state index is 0.400. The van der Waals surface area contributed by atoms with E-state index in [1.54, 1.807) is 6.20 Å². The third-order valence-electron chi connectivity index (χ3n) is 3.79. The number of pyridine rings is 1. The van der Waals surface area contributed by atoms with Crippen molar-refractivity contribution in [2.75, 3.05) is 12.3 Å². The molecule has 1 saturated heterocycles. The molecule has 0 atom stereocenters. The highest BCUT2D eigenvalue weighted by Gasteiger charge is 2.16. The van der Waals surface area contributed by atoms with Gasteiger partial charge < -0.3 is 21.4 Å². The van der Waals surface area contributed by atoms with Gasteiger partial charge in [-0.25, -0.2) is 4.98 Å².